The zero-order valence-corrected chi connectivity index (χ0v) is 11.1. The van der Waals surface area contributed by atoms with Crippen molar-refractivity contribution in [2.75, 3.05) is 6.54 Å². The molecular weight excluding hydrogens is 262 g/mol. The first kappa shape index (κ1) is 13.4. The summed E-state index contributed by atoms with van der Waals surface area (Å²) in [5.41, 5.74) is 1.02. The predicted octanol–water partition coefficient (Wildman–Crippen LogP) is 1.51. The summed E-state index contributed by atoms with van der Waals surface area (Å²) in [4.78, 5) is 26.7. The zero-order valence-electron chi connectivity index (χ0n) is 10.3. The van der Waals surface area contributed by atoms with E-state index in [1.54, 1.807) is 6.07 Å². The molecule has 2 heterocycles. The Labute approximate surface area is 115 Å². The first-order valence-corrected chi connectivity index (χ1v) is 6.84. The van der Waals surface area contributed by atoms with Crippen LogP contribution in [0, 0.1) is 0 Å². The third-order valence-corrected chi connectivity index (χ3v) is 3.40. The first-order chi connectivity index (χ1) is 9.25. The molecule has 0 fully saturated rings. The van der Waals surface area contributed by atoms with Crippen LogP contribution in [0.2, 0.25) is 0 Å². The lowest BCUT2D eigenvalue weighted by Gasteiger charge is -2.05. The van der Waals surface area contributed by atoms with Crippen molar-refractivity contribution in [3.8, 4) is 0 Å². The summed E-state index contributed by atoms with van der Waals surface area (Å²) >= 11 is 1.38. The summed E-state index contributed by atoms with van der Waals surface area (Å²) in [7, 11) is 0. The van der Waals surface area contributed by atoms with Gasteiger partial charge in [-0.05, 0) is 23.1 Å². The fraction of sp³-hybridized carbons (Fsp3) is 0.231. The molecule has 0 saturated carbocycles. The lowest BCUT2D eigenvalue weighted by molar-refractivity contribution is -0.121. The van der Waals surface area contributed by atoms with Gasteiger partial charge in [-0.3, -0.25) is 9.59 Å². The molecule has 0 spiro atoms. The van der Waals surface area contributed by atoms with E-state index in [1.807, 2.05) is 29.9 Å². The number of thiophene rings is 1. The topological polar surface area (TPSA) is 74.0 Å². The van der Waals surface area contributed by atoms with E-state index in [4.69, 9.17) is 0 Å². The number of carbonyl (C=O) groups excluding carboxylic acids is 2. The van der Waals surface area contributed by atoms with Gasteiger partial charge in [0.15, 0.2) is 0 Å². The van der Waals surface area contributed by atoms with Gasteiger partial charge in [-0.15, -0.1) is 11.3 Å². The highest BCUT2D eigenvalue weighted by atomic mass is 32.1. The molecule has 0 radical (unpaired) electrons. The van der Waals surface area contributed by atoms with Crippen LogP contribution in [0.15, 0.2) is 36.0 Å². The smallest absolute Gasteiger partial charge is 0.261 e. The molecule has 5 nitrogen and oxygen atoms in total. The van der Waals surface area contributed by atoms with Crippen molar-refractivity contribution in [1.82, 2.24) is 15.6 Å². The summed E-state index contributed by atoms with van der Waals surface area (Å²) in [6.45, 7) is 0.844. The minimum absolute atomic E-state index is 0.0762. The number of aromatic nitrogens is 1. The van der Waals surface area contributed by atoms with Crippen molar-refractivity contribution < 1.29 is 9.59 Å². The number of hydrogen-bond donors (Lipinski definition) is 3. The van der Waals surface area contributed by atoms with E-state index in [0.29, 0.717) is 18.0 Å². The number of aromatic amines is 1. The third kappa shape index (κ3) is 4.26. The van der Waals surface area contributed by atoms with Gasteiger partial charge in [0.25, 0.3) is 5.91 Å². The largest absolute Gasteiger partial charge is 0.367 e. The van der Waals surface area contributed by atoms with Crippen LogP contribution in [0.4, 0.5) is 0 Å². The van der Waals surface area contributed by atoms with E-state index in [0.717, 1.165) is 5.56 Å². The molecule has 6 heteroatoms. The number of rotatable bonds is 6. The third-order valence-electron chi connectivity index (χ3n) is 2.53. The van der Waals surface area contributed by atoms with Gasteiger partial charge in [0.05, 0.1) is 4.88 Å². The van der Waals surface area contributed by atoms with Crippen molar-refractivity contribution in [3.05, 3.63) is 46.4 Å². The Morgan fingerprint density at radius 1 is 1.26 bits per heavy atom. The van der Waals surface area contributed by atoms with E-state index in [-0.39, 0.29) is 18.2 Å². The normalized spacial score (nSPS) is 10.1. The van der Waals surface area contributed by atoms with Gasteiger partial charge in [0, 0.05) is 31.9 Å². The van der Waals surface area contributed by atoms with Gasteiger partial charge in [-0.25, -0.2) is 0 Å². The SMILES string of the molecule is O=C(CCNC(=O)c1cccs1)NCc1cc[nH]c1. The molecule has 3 N–H and O–H groups in total. The zero-order chi connectivity index (χ0) is 13.5. The maximum Gasteiger partial charge on any atom is 0.261 e. The molecule has 100 valence electrons. The Bertz CT molecular complexity index is 520. The Hall–Kier alpha value is -2.08. The molecule has 0 aliphatic heterocycles. The molecule has 0 saturated heterocycles. The molecule has 0 atom stereocenters. The predicted molar refractivity (Wildman–Crippen MR) is 73.9 cm³/mol. The number of nitrogens with one attached hydrogen (secondary N) is 3. The molecule has 2 aromatic rings. The van der Waals surface area contributed by atoms with Gasteiger partial charge < -0.3 is 15.6 Å². The van der Waals surface area contributed by atoms with E-state index in [9.17, 15) is 9.59 Å². The van der Waals surface area contributed by atoms with Crippen LogP contribution in [0.25, 0.3) is 0 Å². The summed E-state index contributed by atoms with van der Waals surface area (Å²) < 4.78 is 0. The fourth-order valence-corrected chi connectivity index (χ4v) is 2.18. The van der Waals surface area contributed by atoms with Crippen LogP contribution in [-0.2, 0) is 11.3 Å². The van der Waals surface area contributed by atoms with Gasteiger partial charge >= 0.3 is 0 Å². The average Bonchev–Trinajstić information content (AvgIpc) is 3.09. The van der Waals surface area contributed by atoms with E-state index < -0.39 is 0 Å². The van der Waals surface area contributed by atoms with Gasteiger partial charge in [-0.2, -0.15) is 0 Å². The fourth-order valence-electron chi connectivity index (χ4n) is 1.54. The Morgan fingerprint density at radius 2 is 2.16 bits per heavy atom. The lowest BCUT2D eigenvalue weighted by Crippen LogP contribution is -2.30. The second-order valence-electron chi connectivity index (χ2n) is 3.98. The van der Waals surface area contributed by atoms with Crippen molar-refractivity contribution in [2.45, 2.75) is 13.0 Å². The number of amides is 2. The lowest BCUT2D eigenvalue weighted by atomic mass is 10.3. The standard InChI is InChI=1S/C13H15N3O2S/c17-12(16-9-10-3-5-14-8-10)4-6-15-13(18)11-2-1-7-19-11/h1-3,5,7-8,14H,4,6,9H2,(H,15,18)(H,16,17). The molecule has 19 heavy (non-hydrogen) atoms. The molecule has 0 aliphatic rings. The van der Waals surface area contributed by atoms with Crippen LogP contribution >= 0.6 is 11.3 Å². The molecule has 0 aliphatic carbocycles. The molecule has 0 aromatic carbocycles. The molecular formula is C13H15N3O2S. The maximum absolute atomic E-state index is 11.6. The molecule has 0 bridgehead atoms. The number of carbonyl (C=O) groups is 2. The first-order valence-electron chi connectivity index (χ1n) is 5.96. The van der Waals surface area contributed by atoms with Gasteiger partial charge in [0.2, 0.25) is 5.91 Å². The highest BCUT2D eigenvalue weighted by molar-refractivity contribution is 7.12. The highest BCUT2D eigenvalue weighted by Crippen LogP contribution is 2.07. The van der Waals surface area contributed by atoms with E-state index >= 15 is 0 Å². The van der Waals surface area contributed by atoms with Crippen molar-refractivity contribution in [1.29, 1.82) is 0 Å². The number of hydrogen-bond acceptors (Lipinski definition) is 3. The second kappa shape index (κ2) is 6.75. The van der Waals surface area contributed by atoms with Crippen molar-refractivity contribution >= 4 is 23.2 Å². The molecule has 2 amide bonds. The second-order valence-corrected chi connectivity index (χ2v) is 4.93. The minimum Gasteiger partial charge on any atom is -0.367 e. The van der Waals surface area contributed by atoms with E-state index in [2.05, 4.69) is 15.6 Å². The van der Waals surface area contributed by atoms with Crippen LogP contribution in [0.3, 0.4) is 0 Å². The van der Waals surface area contributed by atoms with E-state index in [1.165, 1.54) is 11.3 Å². The summed E-state index contributed by atoms with van der Waals surface area (Å²) in [6.07, 6.45) is 3.92. The van der Waals surface area contributed by atoms with Gasteiger partial charge in [-0.1, -0.05) is 6.07 Å². The Balaban J connectivity index is 1.63. The van der Waals surface area contributed by atoms with Crippen LogP contribution in [0.5, 0.6) is 0 Å². The Kier molecular flexibility index (Phi) is 4.74. The highest BCUT2D eigenvalue weighted by Gasteiger charge is 2.07. The summed E-state index contributed by atoms with van der Waals surface area (Å²) in [6, 6.07) is 5.48. The van der Waals surface area contributed by atoms with Crippen molar-refractivity contribution in [2.24, 2.45) is 0 Å². The quantitative estimate of drug-likeness (QED) is 0.749. The average molecular weight is 277 g/mol. The maximum atomic E-state index is 11.6. The monoisotopic (exact) mass is 277 g/mol. The molecule has 0 unspecified atom stereocenters. The van der Waals surface area contributed by atoms with Gasteiger partial charge in [0.1, 0.15) is 0 Å². The van der Waals surface area contributed by atoms with Crippen LogP contribution < -0.4 is 10.6 Å². The molecule has 2 rings (SSSR count). The molecule has 2 aromatic heterocycles. The summed E-state index contributed by atoms with van der Waals surface area (Å²) in [5.74, 6) is -0.207. The number of H-pyrrole nitrogens is 1. The summed E-state index contributed by atoms with van der Waals surface area (Å²) in [5, 5.41) is 7.35. The minimum atomic E-state index is -0.131. The van der Waals surface area contributed by atoms with Crippen LogP contribution in [0.1, 0.15) is 21.7 Å². The van der Waals surface area contributed by atoms with Crippen molar-refractivity contribution in [3.63, 3.8) is 0 Å². The van der Waals surface area contributed by atoms with Crippen LogP contribution in [-0.4, -0.2) is 23.3 Å². The Morgan fingerprint density at radius 3 is 2.84 bits per heavy atom.